The number of carbonyl (C=O) groups excluding carboxylic acids is 1. The Morgan fingerprint density at radius 2 is 2.00 bits per heavy atom. The summed E-state index contributed by atoms with van der Waals surface area (Å²) in [6.07, 6.45) is 2.08. The van der Waals surface area contributed by atoms with Crippen LogP contribution in [0.15, 0.2) is 12.1 Å². The molecule has 1 heterocycles. The van der Waals surface area contributed by atoms with Gasteiger partial charge < -0.3 is 25.4 Å². The van der Waals surface area contributed by atoms with E-state index in [4.69, 9.17) is 15.2 Å². The Morgan fingerprint density at radius 3 is 2.62 bits per heavy atom. The number of ether oxygens (including phenoxy) is 2. The first kappa shape index (κ1) is 15.4. The quantitative estimate of drug-likeness (QED) is 0.813. The summed E-state index contributed by atoms with van der Waals surface area (Å²) in [6, 6.07) is 3.39. The van der Waals surface area contributed by atoms with Gasteiger partial charge in [-0.05, 0) is 32.5 Å². The first-order valence-electron chi connectivity index (χ1n) is 7.06. The van der Waals surface area contributed by atoms with Crippen LogP contribution < -0.4 is 20.5 Å². The molecule has 1 amide bonds. The standard InChI is InChI=1S/C15H23N3O3/c1-18-6-4-5-10(9-18)17-15(19)11-7-13(20-2)14(21-3)8-12(11)16/h7-8,10H,4-6,9,16H2,1-3H3,(H,17,19). The van der Waals surface area contributed by atoms with E-state index in [1.807, 2.05) is 0 Å². The van der Waals surface area contributed by atoms with Gasteiger partial charge in [-0.25, -0.2) is 0 Å². The van der Waals surface area contributed by atoms with Crippen LogP contribution in [0.4, 0.5) is 5.69 Å². The Morgan fingerprint density at radius 1 is 1.33 bits per heavy atom. The van der Waals surface area contributed by atoms with E-state index >= 15 is 0 Å². The molecule has 0 aromatic heterocycles. The molecule has 0 bridgehead atoms. The van der Waals surface area contributed by atoms with Crippen LogP contribution in [0, 0.1) is 0 Å². The van der Waals surface area contributed by atoms with Gasteiger partial charge in [0.05, 0.1) is 19.8 Å². The summed E-state index contributed by atoms with van der Waals surface area (Å²) in [4.78, 5) is 14.6. The average Bonchev–Trinajstić information content (AvgIpc) is 2.46. The number of hydrogen-bond acceptors (Lipinski definition) is 5. The second-order valence-corrected chi connectivity index (χ2v) is 5.37. The maximum Gasteiger partial charge on any atom is 0.253 e. The molecule has 6 nitrogen and oxygen atoms in total. The van der Waals surface area contributed by atoms with E-state index in [9.17, 15) is 4.79 Å². The first-order valence-corrected chi connectivity index (χ1v) is 7.06. The Balaban J connectivity index is 2.15. The second-order valence-electron chi connectivity index (χ2n) is 5.37. The van der Waals surface area contributed by atoms with Crippen molar-refractivity contribution >= 4 is 11.6 Å². The number of anilines is 1. The molecule has 2 rings (SSSR count). The van der Waals surface area contributed by atoms with E-state index < -0.39 is 0 Å². The van der Waals surface area contributed by atoms with Gasteiger partial charge in [0.25, 0.3) is 5.91 Å². The molecule has 6 heteroatoms. The van der Waals surface area contributed by atoms with E-state index in [0.717, 1.165) is 25.9 Å². The van der Waals surface area contributed by atoms with Crippen molar-refractivity contribution in [3.8, 4) is 11.5 Å². The zero-order chi connectivity index (χ0) is 15.4. The van der Waals surface area contributed by atoms with E-state index in [0.29, 0.717) is 22.7 Å². The zero-order valence-corrected chi connectivity index (χ0v) is 12.8. The number of rotatable bonds is 4. The summed E-state index contributed by atoms with van der Waals surface area (Å²) in [5, 5.41) is 3.04. The number of nitrogens with zero attached hydrogens (tertiary/aromatic N) is 1. The molecule has 1 aliphatic heterocycles. The molecule has 1 atom stereocenters. The van der Waals surface area contributed by atoms with Gasteiger partial charge in [-0.2, -0.15) is 0 Å². The Labute approximate surface area is 125 Å². The van der Waals surface area contributed by atoms with Crippen molar-refractivity contribution in [3.05, 3.63) is 17.7 Å². The Kier molecular flexibility index (Phi) is 4.90. The number of hydrogen-bond donors (Lipinski definition) is 2. The van der Waals surface area contributed by atoms with Crippen LogP contribution >= 0.6 is 0 Å². The molecule has 0 spiro atoms. The van der Waals surface area contributed by atoms with Gasteiger partial charge in [0, 0.05) is 24.3 Å². The minimum absolute atomic E-state index is 0.156. The fourth-order valence-corrected chi connectivity index (χ4v) is 2.64. The molecule has 1 saturated heterocycles. The fraction of sp³-hybridized carbons (Fsp3) is 0.533. The summed E-state index contributed by atoms with van der Waals surface area (Å²) >= 11 is 0. The lowest BCUT2D eigenvalue weighted by Gasteiger charge is -2.30. The number of nitrogens with two attached hydrogens (primary N) is 1. The second kappa shape index (κ2) is 6.67. The minimum Gasteiger partial charge on any atom is -0.493 e. The van der Waals surface area contributed by atoms with Crippen LogP contribution in [0.5, 0.6) is 11.5 Å². The van der Waals surface area contributed by atoms with E-state index in [2.05, 4.69) is 17.3 Å². The van der Waals surface area contributed by atoms with Crippen LogP contribution in [-0.4, -0.2) is 51.2 Å². The lowest BCUT2D eigenvalue weighted by Crippen LogP contribution is -2.46. The van der Waals surface area contributed by atoms with Gasteiger partial charge in [0.1, 0.15) is 0 Å². The predicted octanol–water partition coefficient (Wildman–Crippen LogP) is 1.11. The van der Waals surface area contributed by atoms with Gasteiger partial charge in [-0.3, -0.25) is 4.79 Å². The highest BCUT2D eigenvalue weighted by molar-refractivity contribution is 6.00. The molecule has 1 aromatic rings. The van der Waals surface area contributed by atoms with Crippen molar-refractivity contribution in [2.75, 3.05) is 40.1 Å². The Bertz CT molecular complexity index is 519. The monoisotopic (exact) mass is 293 g/mol. The van der Waals surface area contributed by atoms with Crippen LogP contribution in [0.3, 0.4) is 0 Å². The van der Waals surface area contributed by atoms with Crippen molar-refractivity contribution < 1.29 is 14.3 Å². The van der Waals surface area contributed by atoms with Gasteiger partial charge in [-0.15, -0.1) is 0 Å². The topological polar surface area (TPSA) is 76.8 Å². The van der Waals surface area contributed by atoms with Gasteiger partial charge in [0.2, 0.25) is 0 Å². The van der Waals surface area contributed by atoms with Crippen LogP contribution in [-0.2, 0) is 0 Å². The summed E-state index contributed by atoms with van der Waals surface area (Å²) in [5.74, 6) is 0.843. The number of likely N-dealkylation sites (tertiary alicyclic amines) is 1. The molecule has 1 fully saturated rings. The number of carbonyl (C=O) groups is 1. The molecule has 0 radical (unpaired) electrons. The maximum atomic E-state index is 12.4. The SMILES string of the molecule is COc1cc(N)c(C(=O)NC2CCCN(C)C2)cc1OC. The third kappa shape index (κ3) is 3.58. The third-order valence-corrected chi connectivity index (χ3v) is 3.76. The number of nitrogen functional groups attached to an aromatic ring is 1. The summed E-state index contributed by atoms with van der Waals surface area (Å²) in [6.45, 7) is 1.93. The highest BCUT2D eigenvalue weighted by Gasteiger charge is 2.21. The molecule has 21 heavy (non-hydrogen) atoms. The van der Waals surface area contributed by atoms with E-state index in [1.54, 1.807) is 12.1 Å². The zero-order valence-electron chi connectivity index (χ0n) is 12.8. The summed E-state index contributed by atoms with van der Waals surface area (Å²) in [5.41, 5.74) is 6.75. The number of likely N-dealkylation sites (N-methyl/N-ethyl adjacent to an activating group) is 1. The number of amides is 1. The molecule has 0 aliphatic carbocycles. The molecule has 0 saturated carbocycles. The summed E-state index contributed by atoms with van der Waals surface area (Å²) < 4.78 is 10.4. The van der Waals surface area contributed by atoms with Crippen molar-refractivity contribution in [2.24, 2.45) is 0 Å². The van der Waals surface area contributed by atoms with Crippen molar-refractivity contribution in [2.45, 2.75) is 18.9 Å². The van der Waals surface area contributed by atoms with E-state index in [-0.39, 0.29) is 11.9 Å². The summed E-state index contributed by atoms with van der Waals surface area (Å²) in [7, 11) is 5.13. The van der Waals surface area contributed by atoms with E-state index in [1.165, 1.54) is 14.2 Å². The number of piperidine rings is 1. The lowest BCUT2D eigenvalue weighted by molar-refractivity contribution is 0.0913. The van der Waals surface area contributed by atoms with Gasteiger partial charge >= 0.3 is 0 Å². The fourth-order valence-electron chi connectivity index (χ4n) is 2.64. The van der Waals surface area contributed by atoms with Crippen LogP contribution in [0.25, 0.3) is 0 Å². The molecule has 1 aliphatic rings. The smallest absolute Gasteiger partial charge is 0.253 e. The maximum absolute atomic E-state index is 12.4. The Hall–Kier alpha value is -1.95. The largest absolute Gasteiger partial charge is 0.493 e. The average molecular weight is 293 g/mol. The van der Waals surface area contributed by atoms with Crippen molar-refractivity contribution in [3.63, 3.8) is 0 Å². The first-order chi connectivity index (χ1) is 10.0. The lowest BCUT2D eigenvalue weighted by atomic mass is 10.0. The molecular formula is C15H23N3O3. The molecule has 116 valence electrons. The highest BCUT2D eigenvalue weighted by atomic mass is 16.5. The molecule has 1 unspecified atom stereocenters. The normalized spacial score (nSPS) is 19.1. The van der Waals surface area contributed by atoms with Gasteiger partial charge in [-0.1, -0.05) is 0 Å². The van der Waals surface area contributed by atoms with Crippen molar-refractivity contribution in [1.82, 2.24) is 10.2 Å². The van der Waals surface area contributed by atoms with Crippen LogP contribution in [0.1, 0.15) is 23.2 Å². The van der Waals surface area contributed by atoms with Gasteiger partial charge in [0.15, 0.2) is 11.5 Å². The third-order valence-electron chi connectivity index (χ3n) is 3.76. The van der Waals surface area contributed by atoms with Crippen LogP contribution in [0.2, 0.25) is 0 Å². The number of nitrogens with one attached hydrogen (secondary N) is 1. The minimum atomic E-state index is -0.172. The molecular weight excluding hydrogens is 270 g/mol. The number of methoxy groups -OCH3 is 2. The highest BCUT2D eigenvalue weighted by Crippen LogP contribution is 2.31. The molecule has 1 aromatic carbocycles. The number of benzene rings is 1. The van der Waals surface area contributed by atoms with Crippen molar-refractivity contribution in [1.29, 1.82) is 0 Å². The predicted molar refractivity (Wildman–Crippen MR) is 81.9 cm³/mol. The molecule has 3 N–H and O–H groups in total.